The largest absolute Gasteiger partial charge is 0.257 e. The number of nitrogens with zero attached hydrogens (tertiary/aromatic N) is 1. The van der Waals surface area contributed by atoms with Crippen LogP contribution in [0.5, 0.6) is 0 Å². The molecule has 0 saturated heterocycles. The van der Waals surface area contributed by atoms with Gasteiger partial charge in [0, 0.05) is 11.1 Å². The molecule has 1 aromatic rings. The van der Waals surface area contributed by atoms with Gasteiger partial charge in [-0.1, -0.05) is 26.0 Å². The molecule has 0 radical (unpaired) electrons. The predicted molar refractivity (Wildman–Crippen MR) is 57.0 cm³/mol. The third kappa shape index (κ3) is 1.11. The summed E-state index contributed by atoms with van der Waals surface area (Å²) in [6.07, 6.45) is 0. The lowest BCUT2D eigenvalue weighted by Crippen LogP contribution is -2.22. The van der Waals surface area contributed by atoms with Crippen LogP contribution in [0.25, 0.3) is 0 Å². The number of aliphatic imine (C=N–C) groups is 1. The number of aryl methyl sites for hydroxylation is 1. The molecule has 68 valence electrons. The maximum absolute atomic E-state index is 4.58. The van der Waals surface area contributed by atoms with Crippen LogP contribution in [0.15, 0.2) is 23.2 Å². The smallest absolute Gasteiger partial charge is 0.0673 e. The first-order valence-corrected chi connectivity index (χ1v) is 4.69. The quantitative estimate of drug-likeness (QED) is 0.570. The van der Waals surface area contributed by atoms with Gasteiger partial charge < -0.3 is 0 Å². The summed E-state index contributed by atoms with van der Waals surface area (Å²) in [4.78, 5) is 4.58. The molecule has 1 aliphatic heterocycles. The first-order valence-electron chi connectivity index (χ1n) is 4.69. The maximum Gasteiger partial charge on any atom is 0.0673 e. The second kappa shape index (κ2) is 2.44. The zero-order chi connectivity index (χ0) is 9.64. The standard InChI is InChI=1S/C12H15N/c1-8-5-6-10-11(7-8)13-9(2)12(10,3)4/h5-7H,1-4H3. The van der Waals surface area contributed by atoms with Gasteiger partial charge in [-0.3, -0.25) is 4.99 Å². The van der Waals surface area contributed by atoms with Crippen LogP contribution in [0.2, 0.25) is 0 Å². The van der Waals surface area contributed by atoms with Gasteiger partial charge in [0.15, 0.2) is 0 Å². The Morgan fingerprint density at radius 1 is 1.15 bits per heavy atom. The molecule has 0 spiro atoms. The first kappa shape index (κ1) is 8.49. The molecule has 0 amide bonds. The van der Waals surface area contributed by atoms with Crippen molar-refractivity contribution in [3.8, 4) is 0 Å². The van der Waals surface area contributed by atoms with Gasteiger partial charge in [0.1, 0.15) is 0 Å². The molecule has 1 aromatic carbocycles. The van der Waals surface area contributed by atoms with Crippen molar-refractivity contribution in [1.82, 2.24) is 0 Å². The topological polar surface area (TPSA) is 12.4 Å². The van der Waals surface area contributed by atoms with Gasteiger partial charge in [-0.05, 0) is 31.0 Å². The lowest BCUT2D eigenvalue weighted by molar-refractivity contribution is 0.733. The molecule has 13 heavy (non-hydrogen) atoms. The fourth-order valence-electron chi connectivity index (χ4n) is 1.78. The molecule has 0 aromatic heterocycles. The summed E-state index contributed by atoms with van der Waals surface area (Å²) >= 11 is 0. The van der Waals surface area contributed by atoms with Crippen LogP contribution in [-0.4, -0.2) is 5.71 Å². The van der Waals surface area contributed by atoms with E-state index in [-0.39, 0.29) is 5.41 Å². The summed E-state index contributed by atoms with van der Waals surface area (Å²) in [5.41, 5.74) is 5.14. The van der Waals surface area contributed by atoms with Crippen LogP contribution >= 0.6 is 0 Å². The summed E-state index contributed by atoms with van der Waals surface area (Å²) in [5.74, 6) is 0. The Morgan fingerprint density at radius 3 is 2.54 bits per heavy atom. The van der Waals surface area contributed by atoms with E-state index in [2.05, 4.69) is 50.9 Å². The zero-order valence-corrected chi connectivity index (χ0v) is 8.68. The summed E-state index contributed by atoms with van der Waals surface area (Å²) in [5, 5.41) is 0. The minimum absolute atomic E-state index is 0.128. The van der Waals surface area contributed by atoms with Crippen LogP contribution in [0.1, 0.15) is 31.9 Å². The van der Waals surface area contributed by atoms with Crippen LogP contribution in [0, 0.1) is 6.92 Å². The second-order valence-electron chi connectivity index (χ2n) is 4.34. The lowest BCUT2D eigenvalue weighted by Gasteiger charge is -2.19. The van der Waals surface area contributed by atoms with Crippen LogP contribution in [0.3, 0.4) is 0 Å². The molecule has 0 aliphatic carbocycles. The molecule has 1 heteroatoms. The van der Waals surface area contributed by atoms with Gasteiger partial charge in [-0.15, -0.1) is 0 Å². The Hall–Kier alpha value is -1.11. The molecule has 0 fully saturated rings. The van der Waals surface area contributed by atoms with Gasteiger partial charge in [0.2, 0.25) is 0 Å². The minimum atomic E-state index is 0.128. The van der Waals surface area contributed by atoms with Crippen molar-refractivity contribution < 1.29 is 0 Å². The van der Waals surface area contributed by atoms with Crippen molar-refractivity contribution in [2.24, 2.45) is 4.99 Å². The molecular formula is C12H15N. The molecule has 0 saturated carbocycles. The Kier molecular flexibility index (Phi) is 1.59. The van der Waals surface area contributed by atoms with Gasteiger partial charge >= 0.3 is 0 Å². The molecule has 0 N–H and O–H groups in total. The van der Waals surface area contributed by atoms with Crippen molar-refractivity contribution in [1.29, 1.82) is 0 Å². The molecular weight excluding hydrogens is 158 g/mol. The average molecular weight is 173 g/mol. The number of benzene rings is 1. The Bertz CT molecular complexity index is 386. The van der Waals surface area contributed by atoms with Crippen molar-refractivity contribution in [2.75, 3.05) is 0 Å². The van der Waals surface area contributed by atoms with E-state index in [1.165, 1.54) is 16.8 Å². The monoisotopic (exact) mass is 173 g/mol. The van der Waals surface area contributed by atoms with E-state index in [4.69, 9.17) is 0 Å². The van der Waals surface area contributed by atoms with E-state index in [0.717, 1.165) is 5.69 Å². The van der Waals surface area contributed by atoms with Crippen LogP contribution < -0.4 is 0 Å². The molecule has 1 nitrogen and oxygen atoms in total. The van der Waals surface area contributed by atoms with E-state index in [0.29, 0.717) is 0 Å². The van der Waals surface area contributed by atoms with Gasteiger partial charge in [0.05, 0.1) is 5.69 Å². The highest BCUT2D eigenvalue weighted by Gasteiger charge is 2.31. The molecule has 0 unspecified atom stereocenters. The van der Waals surface area contributed by atoms with E-state index in [1.54, 1.807) is 0 Å². The summed E-state index contributed by atoms with van der Waals surface area (Å²) < 4.78 is 0. The van der Waals surface area contributed by atoms with E-state index in [9.17, 15) is 0 Å². The van der Waals surface area contributed by atoms with Crippen LogP contribution in [-0.2, 0) is 5.41 Å². The third-order valence-electron chi connectivity index (χ3n) is 3.02. The molecule has 1 aliphatic rings. The fraction of sp³-hybridized carbons (Fsp3) is 0.417. The van der Waals surface area contributed by atoms with Gasteiger partial charge in [-0.25, -0.2) is 0 Å². The Morgan fingerprint density at radius 2 is 1.85 bits per heavy atom. The Balaban J connectivity index is 2.65. The lowest BCUT2D eigenvalue weighted by atomic mass is 9.82. The van der Waals surface area contributed by atoms with Crippen LogP contribution in [0.4, 0.5) is 5.69 Å². The predicted octanol–water partition coefficient (Wildman–Crippen LogP) is 3.38. The van der Waals surface area contributed by atoms with E-state index >= 15 is 0 Å². The Labute approximate surface area is 79.5 Å². The fourth-order valence-corrected chi connectivity index (χ4v) is 1.78. The molecule has 0 bridgehead atoms. The average Bonchev–Trinajstić information content (AvgIpc) is 2.23. The highest BCUT2D eigenvalue weighted by Crippen LogP contribution is 2.39. The van der Waals surface area contributed by atoms with Crippen molar-refractivity contribution >= 4 is 11.4 Å². The SMILES string of the molecule is CC1=Nc2cc(C)ccc2C1(C)C. The number of hydrogen-bond acceptors (Lipinski definition) is 1. The summed E-state index contributed by atoms with van der Waals surface area (Å²) in [7, 11) is 0. The highest BCUT2D eigenvalue weighted by molar-refractivity contribution is 5.99. The maximum atomic E-state index is 4.58. The van der Waals surface area contributed by atoms with Crippen molar-refractivity contribution in [3.63, 3.8) is 0 Å². The zero-order valence-electron chi connectivity index (χ0n) is 8.68. The minimum Gasteiger partial charge on any atom is -0.257 e. The molecule has 0 atom stereocenters. The van der Waals surface area contributed by atoms with Crippen molar-refractivity contribution in [2.45, 2.75) is 33.1 Å². The number of fused-ring (bicyclic) bond motifs is 1. The third-order valence-corrected chi connectivity index (χ3v) is 3.02. The summed E-state index contributed by atoms with van der Waals surface area (Å²) in [6, 6.07) is 6.52. The molecule has 2 rings (SSSR count). The van der Waals surface area contributed by atoms with E-state index < -0.39 is 0 Å². The molecule has 1 heterocycles. The van der Waals surface area contributed by atoms with Gasteiger partial charge in [-0.2, -0.15) is 0 Å². The highest BCUT2D eigenvalue weighted by atomic mass is 14.8. The summed E-state index contributed by atoms with van der Waals surface area (Å²) in [6.45, 7) is 8.67. The van der Waals surface area contributed by atoms with Crippen molar-refractivity contribution in [3.05, 3.63) is 29.3 Å². The second-order valence-corrected chi connectivity index (χ2v) is 4.34. The van der Waals surface area contributed by atoms with E-state index in [1.807, 2.05) is 0 Å². The number of rotatable bonds is 0. The van der Waals surface area contributed by atoms with Gasteiger partial charge in [0.25, 0.3) is 0 Å². The number of hydrogen-bond donors (Lipinski definition) is 0. The first-order chi connectivity index (χ1) is 6.01. The normalized spacial score (nSPS) is 18.3.